The predicted octanol–water partition coefficient (Wildman–Crippen LogP) is 5.60. The minimum atomic E-state index is -0.0989. The molecule has 0 radical (unpaired) electrons. The van der Waals surface area contributed by atoms with Crippen molar-refractivity contribution in [2.24, 2.45) is 0 Å². The Morgan fingerprint density at radius 3 is 2.45 bits per heavy atom. The van der Waals surface area contributed by atoms with E-state index in [9.17, 15) is 4.79 Å². The van der Waals surface area contributed by atoms with Gasteiger partial charge in [-0.15, -0.1) is 10.2 Å². The third-order valence-electron chi connectivity index (χ3n) is 5.44. The molecule has 33 heavy (non-hydrogen) atoms. The molecule has 0 aliphatic heterocycles. The van der Waals surface area contributed by atoms with Crippen LogP contribution >= 0.6 is 11.8 Å². The highest BCUT2D eigenvalue weighted by molar-refractivity contribution is 7.98. The van der Waals surface area contributed by atoms with Gasteiger partial charge in [0.25, 0.3) is 5.56 Å². The summed E-state index contributed by atoms with van der Waals surface area (Å²) < 4.78 is 7.52. The summed E-state index contributed by atoms with van der Waals surface area (Å²) in [5.41, 5.74) is 4.60. The van der Waals surface area contributed by atoms with Crippen LogP contribution in [0.2, 0.25) is 0 Å². The summed E-state index contributed by atoms with van der Waals surface area (Å²) in [7, 11) is 0. The molecule has 0 bridgehead atoms. The standard InChI is InChI=1S/C26H22N4O2S/c1-3-18-10-14-20(15-11-18)30-25(31)21-6-4-5-7-22(21)27-26(30)33-16-23-28-29-24(32-23)19-12-8-17(2)9-13-19/h4-15H,3,16H2,1-2H3. The molecule has 5 aromatic rings. The number of aryl methyl sites for hydroxylation is 2. The van der Waals surface area contributed by atoms with Gasteiger partial charge >= 0.3 is 0 Å². The lowest BCUT2D eigenvalue weighted by Crippen LogP contribution is -2.21. The maximum absolute atomic E-state index is 13.4. The molecule has 0 amide bonds. The van der Waals surface area contributed by atoms with Crippen molar-refractivity contribution in [3.05, 3.63) is 100 Å². The van der Waals surface area contributed by atoms with Crippen molar-refractivity contribution in [2.75, 3.05) is 0 Å². The van der Waals surface area contributed by atoms with Crippen LogP contribution in [0.5, 0.6) is 0 Å². The Morgan fingerprint density at radius 1 is 0.939 bits per heavy atom. The predicted molar refractivity (Wildman–Crippen MR) is 131 cm³/mol. The Kier molecular flexibility index (Phi) is 5.79. The molecule has 0 saturated carbocycles. The minimum Gasteiger partial charge on any atom is -0.420 e. The molecule has 164 valence electrons. The number of hydrogen-bond donors (Lipinski definition) is 0. The van der Waals surface area contributed by atoms with Gasteiger partial charge < -0.3 is 4.42 Å². The molecule has 5 rings (SSSR count). The van der Waals surface area contributed by atoms with Gasteiger partial charge in [0.1, 0.15) is 0 Å². The van der Waals surface area contributed by atoms with Crippen LogP contribution in [0.4, 0.5) is 0 Å². The Balaban J connectivity index is 1.49. The molecule has 6 nitrogen and oxygen atoms in total. The van der Waals surface area contributed by atoms with E-state index in [1.54, 1.807) is 4.57 Å². The zero-order valence-electron chi connectivity index (χ0n) is 18.4. The second kappa shape index (κ2) is 9.03. The SMILES string of the molecule is CCc1ccc(-n2c(SCc3nnc(-c4ccc(C)cc4)o3)nc3ccccc3c2=O)cc1. The molecule has 2 heterocycles. The summed E-state index contributed by atoms with van der Waals surface area (Å²) >= 11 is 1.40. The topological polar surface area (TPSA) is 73.8 Å². The number of thioether (sulfide) groups is 1. The van der Waals surface area contributed by atoms with Crippen LogP contribution in [0, 0.1) is 6.92 Å². The van der Waals surface area contributed by atoms with E-state index >= 15 is 0 Å². The van der Waals surface area contributed by atoms with E-state index in [1.807, 2.05) is 79.7 Å². The monoisotopic (exact) mass is 454 g/mol. The molecule has 0 fully saturated rings. The van der Waals surface area contributed by atoms with Crippen molar-refractivity contribution in [3.63, 3.8) is 0 Å². The molecular formula is C26H22N4O2S. The lowest BCUT2D eigenvalue weighted by Gasteiger charge is -2.13. The van der Waals surface area contributed by atoms with E-state index in [0.717, 1.165) is 17.7 Å². The van der Waals surface area contributed by atoms with E-state index in [1.165, 1.54) is 22.9 Å². The van der Waals surface area contributed by atoms with Crippen LogP contribution < -0.4 is 5.56 Å². The van der Waals surface area contributed by atoms with Crippen LogP contribution in [0.15, 0.2) is 87.2 Å². The number of para-hydroxylation sites is 1. The fourth-order valence-electron chi connectivity index (χ4n) is 3.57. The average Bonchev–Trinajstić information content (AvgIpc) is 3.32. The molecule has 0 unspecified atom stereocenters. The van der Waals surface area contributed by atoms with Gasteiger partial charge in [0.05, 0.1) is 22.3 Å². The van der Waals surface area contributed by atoms with Crippen molar-refractivity contribution < 1.29 is 4.42 Å². The minimum absolute atomic E-state index is 0.0989. The first-order valence-electron chi connectivity index (χ1n) is 10.8. The van der Waals surface area contributed by atoms with Gasteiger partial charge in [0.15, 0.2) is 5.16 Å². The van der Waals surface area contributed by atoms with Gasteiger partial charge in [0.2, 0.25) is 11.8 Å². The lowest BCUT2D eigenvalue weighted by atomic mass is 10.1. The summed E-state index contributed by atoms with van der Waals surface area (Å²) in [4.78, 5) is 18.2. The molecule has 0 aliphatic carbocycles. The van der Waals surface area contributed by atoms with Gasteiger partial charge in [-0.05, 0) is 55.3 Å². The summed E-state index contributed by atoms with van der Waals surface area (Å²) in [6, 6.07) is 23.3. The first-order valence-corrected chi connectivity index (χ1v) is 11.7. The maximum atomic E-state index is 13.4. The Morgan fingerprint density at radius 2 is 1.70 bits per heavy atom. The lowest BCUT2D eigenvalue weighted by molar-refractivity contribution is 0.528. The first kappa shape index (κ1) is 21.2. The fourth-order valence-corrected chi connectivity index (χ4v) is 4.42. The smallest absolute Gasteiger partial charge is 0.266 e. The van der Waals surface area contributed by atoms with Crippen LogP contribution in [-0.2, 0) is 12.2 Å². The fraction of sp³-hybridized carbons (Fsp3) is 0.154. The van der Waals surface area contributed by atoms with Crippen molar-refractivity contribution in [1.29, 1.82) is 0 Å². The van der Waals surface area contributed by atoms with Gasteiger partial charge in [-0.2, -0.15) is 0 Å². The molecule has 0 atom stereocenters. The zero-order valence-corrected chi connectivity index (χ0v) is 19.2. The Labute approximate surface area is 195 Å². The van der Waals surface area contributed by atoms with Crippen molar-refractivity contribution >= 4 is 22.7 Å². The summed E-state index contributed by atoms with van der Waals surface area (Å²) in [5.74, 6) is 1.35. The number of nitrogens with zero attached hydrogens (tertiary/aromatic N) is 4. The highest BCUT2D eigenvalue weighted by atomic mass is 32.2. The molecule has 2 aromatic heterocycles. The van der Waals surface area contributed by atoms with E-state index < -0.39 is 0 Å². The van der Waals surface area contributed by atoms with E-state index in [-0.39, 0.29) is 5.56 Å². The highest BCUT2D eigenvalue weighted by Gasteiger charge is 2.15. The number of rotatable bonds is 6. The number of hydrogen-bond acceptors (Lipinski definition) is 6. The molecule has 7 heteroatoms. The third kappa shape index (κ3) is 4.32. The molecule has 0 saturated heterocycles. The second-order valence-corrected chi connectivity index (χ2v) is 8.67. The number of aromatic nitrogens is 4. The second-order valence-electron chi connectivity index (χ2n) is 7.73. The van der Waals surface area contributed by atoms with Gasteiger partial charge in [0, 0.05) is 5.56 Å². The Bertz CT molecular complexity index is 1470. The van der Waals surface area contributed by atoms with Gasteiger partial charge in [-0.25, -0.2) is 4.98 Å². The van der Waals surface area contributed by atoms with E-state index in [2.05, 4.69) is 17.1 Å². The molecule has 0 spiro atoms. The average molecular weight is 455 g/mol. The zero-order chi connectivity index (χ0) is 22.8. The van der Waals surface area contributed by atoms with Crippen molar-refractivity contribution in [3.8, 4) is 17.1 Å². The van der Waals surface area contributed by atoms with E-state index in [4.69, 9.17) is 9.40 Å². The maximum Gasteiger partial charge on any atom is 0.266 e. The molecule has 0 aliphatic rings. The Hall–Kier alpha value is -3.71. The molecular weight excluding hydrogens is 432 g/mol. The van der Waals surface area contributed by atoms with Crippen molar-refractivity contribution in [2.45, 2.75) is 31.2 Å². The third-order valence-corrected chi connectivity index (χ3v) is 6.36. The first-order chi connectivity index (χ1) is 16.1. The summed E-state index contributed by atoms with van der Waals surface area (Å²) in [6.07, 6.45) is 0.938. The van der Waals surface area contributed by atoms with Crippen molar-refractivity contribution in [1.82, 2.24) is 19.7 Å². The van der Waals surface area contributed by atoms with E-state index in [0.29, 0.717) is 33.6 Å². The number of benzene rings is 3. The van der Waals surface area contributed by atoms with Crippen LogP contribution in [-0.4, -0.2) is 19.7 Å². The van der Waals surface area contributed by atoms with Crippen LogP contribution in [0.1, 0.15) is 23.9 Å². The quantitative estimate of drug-likeness (QED) is 0.246. The molecule has 0 N–H and O–H groups in total. The normalized spacial score (nSPS) is 11.2. The highest BCUT2D eigenvalue weighted by Crippen LogP contribution is 2.26. The largest absolute Gasteiger partial charge is 0.420 e. The van der Waals surface area contributed by atoms with Gasteiger partial charge in [-0.3, -0.25) is 9.36 Å². The summed E-state index contributed by atoms with van der Waals surface area (Å²) in [5, 5.41) is 9.53. The van der Waals surface area contributed by atoms with Crippen LogP contribution in [0.25, 0.3) is 28.0 Å². The van der Waals surface area contributed by atoms with Crippen LogP contribution in [0.3, 0.4) is 0 Å². The number of fused-ring (bicyclic) bond motifs is 1. The molecule has 3 aromatic carbocycles. The van der Waals surface area contributed by atoms with Gasteiger partial charge in [-0.1, -0.05) is 60.6 Å². The summed E-state index contributed by atoms with van der Waals surface area (Å²) in [6.45, 7) is 4.14.